The molecule has 2 aliphatic carbocycles. The number of halogens is 3. The van der Waals surface area contributed by atoms with Crippen molar-refractivity contribution in [2.24, 2.45) is 0 Å². The Morgan fingerprint density at radius 1 is 1.03 bits per heavy atom. The van der Waals surface area contributed by atoms with E-state index in [1.807, 2.05) is 0 Å². The number of benzene rings is 2. The number of rotatable bonds is 9. The van der Waals surface area contributed by atoms with Gasteiger partial charge in [0.2, 0.25) is 12.3 Å². The Balaban J connectivity index is 1.84. The topological polar surface area (TPSA) is 70.2 Å². The van der Waals surface area contributed by atoms with Crippen molar-refractivity contribution in [1.29, 1.82) is 0 Å². The van der Waals surface area contributed by atoms with Crippen LogP contribution in [0.15, 0.2) is 36.4 Å². The van der Waals surface area contributed by atoms with Crippen LogP contribution in [-0.2, 0) is 9.59 Å². The first kappa shape index (κ1) is 27.9. The highest BCUT2D eigenvalue weighted by Gasteiger charge is 2.40. The third-order valence-electron chi connectivity index (χ3n) is 7.91. The van der Waals surface area contributed by atoms with E-state index in [-0.39, 0.29) is 22.5 Å². The Morgan fingerprint density at radius 3 is 2.43 bits per heavy atom. The smallest absolute Gasteiger partial charge is 0.238 e. The normalized spacial score (nSPS) is 19.6. The molecule has 0 bridgehead atoms. The lowest BCUT2D eigenvalue weighted by molar-refractivity contribution is -0.125. The molecule has 0 spiro atoms. The van der Waals surface area contributed by atoms with Crippen molar-refractivity contribution in [2.45, 2.75) is 94.7 Å². The summed E-state index contributed by atoms with van der Waals surface area (Å²) in [5.74, 6) is -1.51. The molecule has 0 aliphatic heterocycles. The van der Waals surface area contributed by atoms with Crippen molar-refractivity contribution in [1.82, 2.24) is 10.6 Å². The van der Waals surface area contributed by atoms with Gasteiger partial charge in [0.1, 0.15) is 5.82 Å². The van der Waals surface area contributed by atoms with Crippen molar-refractivity contribution >= 4 is 41.2 Å². The number of carbonyl (C=O) groups excluding carboxylic acids is 2. The largest absolute Gasteiger partial charge is 0.352 e. The SMILES string of the molecule is CC1(NC(C(=O)NC2CCCCC2)[C@@H](c2ccc(Cl)cc2NC=O)c2cccc(Cl)c2F)CCCCC1. The van der Waals surface area contributed by atoms with Crippen molar-refractivity contribution < 1.29 is 14.0 Å². The molecule has 2 amide bonds. The van der Waals surface area contributed by atoms with Crippen LogP contribution >= 0.6 is 23.2 Å². The third-order valence-corrected chi connectivity index (χ3v) is 8.44. The number of carbonyl (C=O) groups is 2. The lowest BCUT2D eigenvalue weighted by Crippen LogP contribution is -2.58. The van der Waals surface area contributed by atoms with Gasteiger partial charge in [0.25, 0.3) is 0 Å². The van der Waals surface area contributed by atoms with Crippen LogP contribution in [0.1, 0.15) is 88.2 Å². The molecule has 4 rings (SSSR count). The first-order valence-electron chi connectivity index (χ1n) is 13.3. The molecule has 0 saturated heterocycles. The van der Waals surface area contributed by atoms with Gasteiger partial charge in [0.15, 0.2) is 0 Å². The molecule has 1 unspecified atom stereocenters. The summed E-state index contributed by atoms with van der Waals surface area (Å²) in [4.78, 5) is 25.6. The van der Waals surface area contributed by atoms with E-state index in [1.54, 1.807) is 30.3 Å². The van der Waals surface area contributed by atoms with Gasteiger partial charge >= 0.3 is 0 Å². The molecule has 0 aromatic heterocycles. The molecule has 5 nitrogen and oxygen atoms in total. The van der Waals surface area contributed by atoms with E-state index in [9.17, 15) is 9.59 Å². The van der Waals surface area contributed by atoms with Gasteiger partial charge < -0.3 is 10.6 Å². The predicted octanol–water partition coefficient (Wildman–Crippen LogP) is 6.96. The summed E-state index contributed by atoms with van der Waals surface area (Å²) in [6, 6.07) is 9.21. The van der Waals surface area contributed by atoms with Crippen molar-refractivity contribution in [3.05, 3.63) is 63.4 Å². The van der Waals surface area contributed by atoms with Crippen LogP contribution in [0.2, 0.25) is 10.0 Å². The summed E-state index contributed by atoms with van der Waals surface area (Å²) in [5.41, 5.74) is 1.02. The lowest BCUT2D eigenvalue weighted by atomic mass is 9.78. The molecule has 8 heteroatoms. The van der Waals surface area contributed by atoms with Crippen LogP contribution in [0.25, 0.3) is 0 Å². The maximum Gasteiger partial charge on any atom is 0.238 e. The molecular formula is C29H36Cl2FN3O2. The van der Waals surface area contributed by atoms with Crippen LogP contribution in [0.4, 0.5) is 10.1 Å². The minimum absolute atomic E-state index is 0.0170. The second-order valence-electron chi connectivity index (χ2n) is 10.7. The molecule has 2 fully saturated rings. The van der Waals surface area contributed by atoms with Crippen molar-refractivity contribution in [2.75, 3.05) is 5.32 Å². The first-order chi connectivity index (χ1) is 17.8. The molecule has 2 saturated carbocycles. The average Bonchev–Trinajstić information content (AvgIpc) is 2.88. The Bertz CT molecular complexity index is 1100. The molecule has 2 aromatic rings. The summed E-state index contributed by atoms with van der Waals surface area (Å²) in [6.07, 6.45) is 10.9. The van der Waals surface area contributed by atoms with Gasteiger partial charge in [0, 0.05) is 28.2 Å². The Labute approximate surface area is 228 Å². The first-order valence-corrected chi connectivity index (χ1v) is 14.1. The standard InChI is InChI=1S/C29H36Cl2FN3O2/c1-29(15-6-3-7-16-29)35-27(28(37)34-20-9-4-2-5-10-20)25(22-11-8-12-23(31)26(22)32)21-14-13-19(30)17-24(21)33-18-36/h8,11-14,17-18,20,25,27,35H,2-7,9-10,15-16H2,1H3,(H,33,36)(H,34,37)/t25-,27?/m0/s1. The molecule has 2 aliphatic rings. The fourth-order valence-corrected chi connectivity index (χ4v) is 6.32. The molecule has 37 heavy (non-hydrogen) atoms. The molecule has 2 aromatic carbocycles. The van der Waals surface area contributed by atoms with E-state index in [4.69, 9.17) is 23.2 Å². The maximum absolute atomic E-state index is 15.7. The summed E-state index contributed by atoms with van der Waals surface area (Å²) in [6.45, 7) is 2.14. The lowest BCUT2D eigenvalue weighted by Gasteiger charge is -2.41. The summed E-state index contributed by atoms with van der Waals surface area (Å²) in [7, 11) is 0. The van der Waals surface area contributed by atoms with E-state index >= 15 is 4.39 Å². The van der Waals surface area contributed by atoms with Crippen LogP contribution in [0, 0.1) is 5.82 Å². The number of anilines is 1. The Hall–Kier alpha value is -2.15. The minimum Gasteiger partial charge on any atom is -0.352 e. The summed E-state index contributed by atoms with van der Waals surface area (Å²) in [5, 5.41) is 10.1. The fraction of sp³-hybridized carbons (Fsp3) is 0.517. The number of amides is 2. The van der Waals surface area contributed by atoms with Crippen LogP contribution < -0.4 is 16.0 Å². The number of nitrogens with one attached hydrogen (secondary N) is 3. The van der Waals surface area contributed by atoms with E-state index < -0.39 is 17.8 Å². The van der Waals surface area contributed by atoms with Gasteiger partial charge in [-0.3, -0.25) is 14.9 Å². The van der Waals surface area contributed by atoms with Gasteiger partial charge in [-0.25, -0.2) is 4.39 Å². The second-order valence-corrected chi connectivity index (χ2v) is 11.5. The van der Waals surface area contributed by atoms with Gasteiger partial charge in [-0.2, -0.15) is 0 Å². The average molecular weight is 549 g/mol. The molecule has 200 valence electrons. The van der Waals surface area contributed by atoms with E-state index in [0.29, 0.717) is 28.2 Å². The predicted molar refractivity (Wildman–Crippen MR) is 148 cm³/mol. The highest BCUT2D eigenvalue weighted by Crippen LogP contribution is 2.39. The van der Waals surface area contributed by atoms with E-state index in [1.165, 1.54) is 12.5 Å². The van der Waals surface area contributed by atoms with Crippen LogP contribution in [0.5, 0.6) is 0 Å². The highest BCUT2D eigenvalue weighted by atomic mass is 35.5. The zero-order chi connectivity index (χ0) is 26.4. The van der Waals surface area contributed by atoms with Gasteiger partial charge in [-0.1, -0.05) is 79.9 Å². The quantitative estimate of drug-likeness (QED) is 0.297. The third kappa shape index (κ3) is 6.84. The zero-order valence-corrected chi connectivity index (χ0v) is 22.8. The van der Waals surface area contributed by atoms with Gasteiger partial charge in [-0.15, -0.1) is 0 Å². The zero-order valence-electron chi connectivity index (χ0n) is 21.3. The maximum atomic E-state index is 15.7. The van der Waals surface area contributed by atoms with E-state index in [0.717, 1.165) is 57.8 Å². The molecule has 0 radical (unpaired) electrons. The second kappa shape index (κ2) is 12.6. The molecule has 0 heterocycles. The fourth-order valence-electron chi connectivity index (χ4n) is 5.97. The van der Waals surface area contributed by atoms with Gasteiger partial charge in [0.05, 0.1) is 11.1 Å². The molecule has 2 atom stereocenters. The molecular weight excluding hydrogens is 512 g/mol. The van der Waals surface area contributed by atoms with Crippen molar-refractivity contribution in [3.8, 4) is 0 Å². The summed E-state index contributed by atoms with van der Waals surface area (Å²) >= 11 is 12.5. The number of hydrogen-bond donors (Lipinski definition) is 3. The molecule has 3 N–H and O–H groups in total. The van der Waals surface area contributed by atoms with Crippen LogP contribution in [-0.4, -0.2) is 29.9 Å². The Morgan fingerprint density at radius 2 is 1.73 bits per heavy atom. The van der Waals surface area contributed by atoms with E-state index in [2.05, 4.69) is 22.9 Å². The minimum atomic E-state index is -0.800. The van der Waals surface area contributed by atoms with Gasteiger partial charge in [-0.05, 0) is 61.9 Å². The monoisotopic (exact) mass is 547 g/mol. The van der Waals surface area contributed by atoms with Crippen LogP contribution in [0.3, 0.4) is 0 Å². The number of hydrogen-bond acceptors (Lipinski definition) is 3. The highest BCUT2D eigenvalue weighted by molar-refractivity contribution is 6.31. The van der Waals surface area contributed by atoms with Crippen molar-refractivity contribution in [3.63, 3.8) is 0 Å². The summed E-state index contributed by atoms with van der Waals surface area (Å²) < 4.78 is 15.7. The Kier molecular flexibility index (Phi) is 9.49.